The van der Waals surface area contributed by atoms with Gasteiger partial charge in [-0.15, -0.1) is 0 Å². The van der Waals surface area contributed by atoms with Crippen molar-refractivity contribution in [3.63, 3.8) is 0 Å². The second-order valence-electron chi connectivity index (χ2n) is 36.6. The quantitative estimate of drug-likeness (QED) is 0.0909. The highest BCUT2D eigenvalue weighted by molar-refractivity contribution is 6.19. The molecule has 0 aliphatic heterocycles. The molecule has 660 valence electrons. The van der Waals surface area contributed by atoms with Crippen molar-refractivity contribution in [1.29, 1.82) is 0 Å². The van der Waals surface area contributed by atoms with E-state index in [9.17, 15) is 0 Å². The molecular weight excluding hydrogens is 1700 g/mol. The molecule has 3 heteroatoms. The molecule has 0 radical (unpaired) electrons. The summed E-state index contributed by atoms with van der Waals surface area (Å²) in [5.41, 5.74) is 36.1. The van der Waals surface area contributed by atoms with Crippen molar-refractivity contribution in [1.82, 2.24) is 13.7 Å². The maximum atomic E-state index is 2.43. The highest BCUT2D eigenvalue weighted by atomic mass is 15.0. The molecule has 0 N–H and O–H groups in total. The second-order valence-corrected chi connectivity index (χ2v) is 36.6. The van der Waals surface area contributed by atoms with E-state index in [1.54, 1.807) is 0 Å². The molecule has 3 nitrogen and oxygen atoms in total. The van der Waals surface area contributed by atoms with Crippen LogP contribution in [0, 0.1) is 0 Å². The lowest BCUT2D eigenvalue weighted by atomic mass is 9.91. The number of benzene rings is 24. The predicted molar refractivity (Wildman–Crippen MR) is 600 cm³/mol. The summed E-state index contributed by atoms with van der Waals surface area (Å²) in [6.07, 6.45) is 7.02. The molecule has 27 aromatic rings. The molecule has 0 aliphatic carbocycles. The number of hydrogen-bond donors (Lipinski definition) is 0. The van der Waals surface area contributed by atoms with Gasteiger partial charge in [0.05, 0.1) is 16.6 Å². The fourth-order valence-electron chi connectivity index (χ4n) is 21.3. The Morgan fingerprint density at radius 1 is 0.0993 bits per heavy atom. The maximum absolute atomic E-state index is 2.43. The molecule has 141 heavy (non-hydrogen) atoms. The Morgan fingerprint density at radius 3 is 0.730 bits per heavy atom. The molecule has 0 fully saturated rings. The summed E-state index contributed by atoms with van der Waals surface area (Å²) in [6, 6.07) is 198. The van der Waals surface area contributed by atoms with Gasteiger partial charge in [-0.1, -0.05) is 443 Å². The Balaban J connectivity index is 0.000000113. The molecule has 27 rings (SSSR count). The van der Waals surface area contributed by atoms with Crippen LogP contribution in [0.2, 0.25) is 0 Å². The summed E-state index contributed by atoms with van der Waals surface area (Å²) in [5.74, 6) is 0. The van der Waals surface area contributed by atoms with E-state index in [4.69, 9.17) is 0 Å². The van der Waals surface area contributed by atoms with E-state index < -0.39 is 0 Å². The zero-order chi connectivity index (χ0) is 93.5. The summed E-state index contributed by atoms with van der Waals surface area (Å²) in [4.78, 5) is 0. The van der Waals surface area contributed by atoms with Gasteiger partial charge in [0, 0.05) is 68.5 Å². The number of nitrogens with zero attached hydrogens (tertiary/aromatic N) is 3. The summed E-state index contributed by atoms with van der Waals surface area (Å²) < 4.78 is 7.15. The van der Waals surface area contributed by atoms with Gasteiger partial charge in [-0.2, -0.15) is 0 Å². The molecule has 0 saturated carbocycles. The zero-order valence-electron chi connectivity index (χ0n) is 77.5. The van der Waals surface area contributed by atoms with Gasteiger partial charge in [0.15, 0.2) is 0 Å². The Hall–Kier alpha value is -18.5. The van der Waals surface area contributed by atoms with Gasteiger partial charge >= 0.3 is 0 Å². The number of aromatic nitrogens is 3. The molecule has 0 bridgehead atoms. The molecule has 0 atom stereocenters. The smallest absolute Gasteiger partial charge is 0.0535 e. The average molecular weight is 1790 g/mol. The van der Waals surface area contributed by atoms with Gasteiger partial charge in [-0.05, 0) is 285 Å². The highest BCUT2D eigenvalue weighted by Crippen LogP contribution is 2.48. The van der Waals surface area contributed by atoms with Crippen LogP contribution in [-0.2, 0) is 0 Å². The second kappa shape index (κ2) is 36.9. The summed E-state index contributed by atoms with van der Waals surface area (Å²) in [5, 5.41) is 18.8. The van der Waals surface area contributed by atoms with E-state index in [-0.39, 0.29) is 0 Å². The largest absolute Gasteiger partial charge is 0.316 e. The first-order valence-corrected chi connectivity index (χ1v) is 48.5. The molecule has 0 unspecified atom stereocenters. The predicted octanol–water partition coefficient (Wildman–Crippen LogP) is 37.8. The van der Waals surface area contributed by atoms with Crippen LogP contribution in [0.5, 0.6) is 0 Å². The van der Waals surface area contributed by atoms with Crippen LogP contribution in [-0.4, -0.2) is 13.7 Å². The van der Waals surface area contributed by atoms with Crippen molar-refractivity contribution < 1.29 is 0 Å². The average Bonchev–Trinajstić information content (AvgIpc) is 1.61. The first-order chi connectivity index (χ1) is 69.9. The Labute approximate surface area is 820 Å². The first-order valence-electron chi connectivity index (χ1n) is 48.5. The van der Waals surface area contributed by atoms with Gasteiger partial charge < -0.3 is 13.7 Å². The van der Waals surface area contributed by atoms with Crippen molar-refractivity contribution in [3.05, 3.63) is 565 Å². The SMILES string of the molecule is c1ccc(-c2cc(-c3ccccc3)cc(-n3cc(-c4cc5ccccc5c5ccccc45)c4cc(-c5cc6ccccc6c6ccccc56)ccc43)c2)cc1.c1ccc(-c2cc(-c3ccccc3)cc(-n3cc(-c4cccc5ccccc45)c4cc(-c5cccc6ccccc56)ccc43)c2)cc1.c1ccc(-c2cc(-c3ccccc3)cc(-n3cc(-c4ccccc4)c4cc(-c5ccccc5)ccc43)c2)cc1. The van der Waals surface area contributed by atoms with Crippen LogP contribution in [0.15, 0.2) is 565 Å². The zero-order valence-corrected chi connectivity index (χ0v) is 77.5. The van der Waals surface area contributed by atoms with E-state index in [1.807, 2.05) is 0 Å². The normalized spacial score (nSPS) is 11.4. The Morgan fingerprint density at radius 2 is 0.348 bits per heavy atom. The van der Waals surface area contributed by atoms with Crippen LogP contribution in [0.25, 0.3) is 248 Å². The van der Waals surface area contributed by atoms with Crippen molar-refractivity contribution >= 4 is 97.3 Å². The summed E-state index contributed by atoms with van der Waals surface area (Å²) in [7, 11) is 0. The standard InChI is InChI=1S/C54H35N.C46H31N.C38H27N/c1-3-15-36(16-4-1)41-29-42(37-17-5-2-6-18-37)31-43(30-41)55-35-53(51-33-39-20-8-10-22-45(39)47-24-12-14-26-49(47)51)52-34-40(27-28-54(52)55)50-32-38-19-7-9-21-44(38)46-23-11-13-25-48(46)50;1-3-13-32(14-4-1)37-27-38(33-15-5-2-6-16-33)29-39(28-37)47-31-45(43-24-12-20-35-18-8-10-22-41(35)43)44-30-36(25-26-46(44)47)42-23-11-19-34-17-7-9-21-40(34)42;1-5-13-28(14-6-1)32-21-22-38-36(26-32)37(31-19-11-4-12-20-31)27-39(38)35-24-33(29-15-7-2-8-16-29)23-34(25-35)30-17-9-3-10-18-30/h1-35H;1-31H;1-27H. The lowest BCUT2D eigenvalue weighted by Gasteiger charge is -2.14. The van der Waals surface area contributed by atoms with Gasteiger partial charge in [0.25, 0.3) is 0 Å². The third-order valence-corrected chi connectivity index (χ3v) is 28.2. The van der Waals surface area contributed by atoms with Crippen molar-refractivity contribution in [2.24, 2.45) is 0 Å². The van der Waals surface area contributed by atoms with Gasteiger partial charge in [-0.3, -0.25) is 0 Å². The van der Waals surface area contributed by atoms with Crippen LogP contribution in [0.4, 0.5) is 0 Å². The lowest BCUT2D eigenvalue weighted by Crippen LogP contribution is -1.94. The number of rotatable bonds is 15. The molecule has 0 spiro atoms. The highest BCUT2D eigenvalue weighted by Gasteiger charge is 2.24. The molecule has 0 saturated heterocycles. The van der Waals surface area contributed by atoms with Gasteiger partial charge in [0.2, 0.25) is 0 Å². The minimum absolute atomic E-state index is 1.13. The first kappa shape index (κ1) is 84.2. The van der Waals surface area contributed by atoms with E-state index >= 15 is 0 Å². The molecular formula is C138H93N3. The fraction of sp³-hybridized carbons (Fsp3) is 0. The van der Waals surface area contributed by atoms with Crippen molar-refractivity contribution in [2.45, 2.75) is 0 Å². The molecule has 0 amide bonds. The molecule has 3 heterocycles. The van der Waals surface area contributed by atoms with E-state index in [1.165, 1.54) is 231 Å². The fourth-order valence-corrected chi connectivity index (χ4v) is 21.3. The van der Waals surface area contributed by atoms with Crippen molar-refractivity contribution in [2.75, 3.05) is 0 Å². The molecule has 3 aromatic heterocycles. The van der Waals surface area contributed by atoms with Crippen LogP contribution in [0.1, 0.15) is 0 Å². The van der Waals surface area contributed by atoms with Gasteiger partial charge in [-0.25, -0.2) is 0 Å². The summed E-state index contributed by atoms with van der Waals surface area (Å²) >= 11 is 0. The maximum Gasteiger partial charge on any atom is 0.0535 e. The number of fused-ring (bicyclic) bond motifs is 11. The van der Waals surface area contributed by atoms with Crippen LogP contribution < -0.4 is 0 Å². The Kier molecular flexibility index (Phi) is 22.1. The minimum atomic E-state index is 1.13. The van der Waals surface area contributed by atoms with E-state index in [2.05, 4.69) is 578 Å². The Bertz CT molecular complexity index is 9180. The topological polar surface area (TPSA) is 14.8 Å². The monoisotopic (exact) mass is 1790 g/mol. The van der Waals surface area contributed by atoms with E-state index in [0.717, 1.165) is 17.1 Å². The van der Waals surface area contributed by atoms with Crippen LogP contribution in [0.3, 0.4) is 0 Å². The molecule has 24 aromatic carbocycles. The third-order valence-electron chi connectivity index (χ3n) is 28.2. The summed E-state index contributed by atoms with van der Waals surface area (Å²) in [6.45, 7) is 0. The van der Waals surface area contributed by atoms with E-state index in [0.29, 0.717) is 0 Å². The van der Waals surface area contributed by atoms with Crippen molar-refractivity contribution in [3.8, 4) is 151 Å². The third kappa shape index (κ3) is 16.3. The number of hydrogen-bond acceptors (Lipinski definition) is 0. The van der Waals surface area contributed by atoms with Gasteiger partial charge in [0.1, 0.15) is 0 Å². The lowest BCUT2D eigenvalue weighted by molar-refractivity contribution is 1.13. The van der Waals surface area contributed by atoms with Crippen LogP contribution >= 0.6 is 0 Å². The minimum Gasteiger partial charge on any atom is -0.316 e. The molecule has 0 aliphatic rings.